The van der Waals surface area contributed by atoms with Crippen LogP contribution in [0, 0.1) is 10.1 Å². The van der Waals surface area contributed by atoms with Gasteiger partial charge >= 0.3 is 0 Å². The fourth-order valence-corrected chi connectivity index (χ4v) is 4.45. The first-order valence-corrected chi connectivity index (χ1v) is 13.3. The van der Waals surface area contributed by atoms with Crippen LogP contribution in [0.4, 0.5) is 11.4 Å². The smallest absolute Gasteiger partial charge is 0.276 e. The van der Waals surface area contributed by atoms with Gasteiger partial charge in [-0.1, -0.05) is 72.8 Å². The highest BCUT2D eigenvalue weighted by molar-refractivity contribution is 6.12. The second-order valence-corrected chi connectivity index (χ2v) is 9.49. The van der Waals surface area contributed by atoms with Crippen LogP contribution in [0.25, 0.3) is 22.9 Å². The summed E-state index contributed by atoms with van der Waals surface area (Å²) in [7, 11) is 0. The van der Waals surface area contributed by atoms with Crippen LogP contribution in [-0.2, 0) is 4.79 Å². The Bertz CT molecular complexity index is 1890. The van der Waals surface area contributed by atoms with Gasteiger partial charge in [-0.05, 0) is 77.0 Å². The van der Waals surface area contributed by atoms with E-state index in [0.29, 0.717) is 22.4 Å². The Morgan fingerprint density at radius 2 is 1.33 bits per heavy atom. The minimum absolute atomic E-state index is 0.0396. The highest BCUT2D eigenvalue weighted by atomic mass is 16.6. The number of fused-ring (bicyclic) bond motifs is 1. The van der Waals surface area contributed by atoms with Gasteiger partial charge in [0.2, 0.25) is 0 Å². The summed E-state index contributed by atoms with van der Waals surface area (Å²) in [4.78, 5) is 49.9. The van der Waals surface area contributed by atoms with Crippen LogP contribution < -0.4 is 10.6 Å². The third-order valence-electron chi connectivity index (χ3n) is 6.63. The highest BCUT2D eigenvalue weighted by Gasteiger charge is 2.16. The lowest BCUT2D eigenvalue weighted by molar-refractivity contribution is -0.385. The lowest BCUT2D eigenvalue weighted by Crippen LogP contribution is -2.30. The van der Waals surface area contributed by atoms with E-state index >= 15 is 0 Å². The van der Waals surface area contributed by atoms with Crippen molar-refractivity contribution in [1.29, 1.82) is 0 Å². The number of anilines is 1. The molecular weight excluding hydrogens is 542 g/mol. The van der Waals surface area contributed by atoms with E-state index in [4.69, 9.17) is 0 Å². The third-order valence-corrected chi connectivity index (χ3v) is 6.63. The first-order chi connectivity index (χ1) is 20.9. The Hall–Kier alpha value is -6.15. The van der Waals surface area contributed by atoms with E-state index in [0.717, 1.165) is 16.3 Å². The van der Waals surface area contributed by atoms with E-state index in [1.54, 1.807) is 78.9 Å². The number of hydrogen-bond acceptors (Lipinski definition) is 5. The number of carbonyl (C=O) groups excluding carboxylic acids is 3. The molecule has 0 saturated carbocycles. The summed E-state index contributed by atoms with van der Waals surface area (Å²) in [5.41, 5.74) is 2.14. The Balaban J connectivity index is 1.37. The van der Waals surface area contributed by atoms with E-state index in [2.05, 4.69) is 10.6 Å². The van der Waals surface area contributed by atoms with Gasteiger partial charge in [0.05, 0.1) is 10.5 Å². The van der Waals surface area contributed by atoms with Crippen LogP contribution in [0.2, 0.25) is 0 Å². The molecule has 0 aliphatic rings. The molecule has 0 aliphatic carbocycles. The maximum Gasteiger partial charge on any atom is 0.276 e. The van der Waals surface area contributed by atoms with Crippen LogP contribution in [0.1, 0.15) is 31.8 Å². The molecule has 5 rings (SSSR count). The summed E-state index contributed by atoms with van der Waals surface area (Å²) >= 11 is 0. The molecule has 0 saturated heterocycles. The second-order valence-electron chi connectivity index (χ2n) is 9.49. The van der Waals surface area contributed by atoms with Gasteiger partial charge in [-0.3, -0.25) is 24.5 Å². The Morgan fingerprint density at radius 1 is 0.674 bits per heavy atom. The van der Waals surface area contributed by atoms with Crippen molar-refractivity contribution in [3.05, 3.63) is 165 Å². The molecular formula is C35H25N3O5. The van der Waals surface area contributed by atoms with Gasteiger partial charge in [0.15, 0.2) is 5.78 Å². The van der Waals surface area contributed by atoms with E-state index in [9.17, 15) is 24.5 Å². The molecule has 0 aromatic heterocycles. The fraction of sp³-hybridized carbons (Fsp3) is 0. The van der Waals surface area contributed by atoms with Crippen LogP contribution in [0.3, 0.4) is 0 Å². The lowest BCUT2D eigenvalue weighted by Gasteiger charge is -2.12. The van der Waals surface area contributed by atoms with Crippen molar-refractivity contribution in [2.75, 3.05) is 5.32 Å². The average Bonchev–Trinajstić information content (AvgIpc) is 3.04. The fourth-order valence-electron chi connectivity index (χ4n) is 4.45. The SMILES string of the molecule is O=C(Nc1ccc(C(=O)/C=C/c2ccccc2[N+](=O)[O-])cc1)/C(=C/c1cccc2ccccc12)NC(=O)c1ccccc1. The van der Waals surface area contributed by atoms with Gasteiger partial charge in [-0.2, -0.15) is 0 Å². The largest absolute Gasteiger partial charge is 0.321 e. The van der Waals surface area contributed by atoms with Crippen molar-refractivity contribution in [2.45, 2.75) is 0 Å². The molecule has 2 amide bonds. The molecule has 0 atom stereocenters. The molecule has 5 aromatic rings. The molecule has 0 unspecified atom stereocenters. The summed E-state index contributed by atoms with van der Waals surface area (Å²) in [6.45, 7) is 0. The number of para-hydroxylation sites is 1. The quantitative estimate of drug-likeness (QED) is 0.0856. The molecule has 0 fully saturated rings. The topological polar surface area (TPSA) is 118 Å². The Kier molecular flexibility index (Phi) is 8.59. The van der Waals surface area contributed by atoms with E-state index < -0.39 is 16.7 Å². The molecule has 0 heterocycles. The predicted molar refractivity (Wildman–Crippen MR) is 167 cm³/mol. The number of allylic oxidation sites excluding steroid dienone is 1. The van der Waals surface area contributed by atoms with Crippen LogP contribution >= 0.6 is 0 Å². The van der Waals surface area contributed by atoms with Crippen molar-refractivity contribution in [1.82, 2.24) is 5.32 Å². The number of hydrogen-bond donors (Lipinski definition) is 2. The number of nitro groups is 1. The Labute approximate surface area is 247 Å². The first-order valence-electron chi connectivity index (χ1n) is 13.3. The summed E-state index contributed by atoms with van der Waals surface area (Å²) < 4.78 is 0. The molecule has 210 valence electrons. The minimum atomic E-state index is -0.549. The summed E-state index contributed by atoms with van der Waals surface area (Å²) in [6, 6.07) is 34.4. The van der Waals surface area contributed by atoms with Gasteiger partial charge in [-0.15, -0.1) is 0 Å². The van der Waals surface area contributed by atoms with E-state index in [-0.39, 0.29) is 17.2 Å². The number of benzene rings is 5. The molecule has 2 N–H and O–H groups in total. The molecule has 5 aromatic carbocycles. The zero-order valence-corrected chi connectivity index (χ0v) is 22.8. The maximum atomic E-state index is 13.5. The summed E-state index contributed by atoms with van der Waals surface area (Å²) in [5.74, 6) is -1.34. The van der Waals surface area contributed by atoms with Crippen LogP contribution in [-0.4, -0.2) is 22.5 Å². The van der Waals surface area contributed by atoms with Gasteiger partial charge in [0, 0.05) is 22.9 Å². The van der Waals surface area contributed by atoms with Crippen LogP contribution in [0.15, 0.2) is 133 Å². The Morgan fingerprint density at radius 3 is 2.09 bits per heavy atom. The van der Waals surface area contributed by atoms with Crippen molar-refractivity contribution in [3.8, 4) is 0 Å². The van der Waals surface area contributed by atoms with Gasteiger partial charge in [0.1, 0.15) is 5.70 Å². The van der Waals surface area contributed by atoms with Crippen molar-refractivity contribution in [3.63, 3.8) is 0 Å². The number of amides is 2. The lowest BCUT2D eigenvalue weighted by atomic mass is 10.0. The first kappa shape index (κ1) is 28.4. The molecule has 8 heteroatoms. The third kappa shape index (κ3) is 6.96. The van der Waals surface area contributed by atoms with Crippen LogP contribution in [0.5, 0.6) is 0 Å². The number of rotatable bonds is 9. The zero-order valence-electron chi connectivity index (χ0n) is 22.8. The van der Waals surface area contributed by atoms with Gasteiger partial charge in [0.25, 0.3) is 17.5 Å². The molecule has 8 nitrogen and oxygen atoms in total. The molecule has 43 heavy (non-hydrogen) atoms. The molecule has 0 spiro atoms. The number of nitro benzene ring substituents is 1. The van der Waals surface area contributed by atoms with Gasteiger partial charge < -0.3 is 10.6 Å². The van der Waals surface area contributed by atoms with Crippen molar-refractivity contribution in [2.24, 2.45) is 0 Å². The van der Waals surface area contributed by atoms with Gasteiger partial charge in [-0.25, -0.2) is 0 Å². The van der Waals surface area contributed by atoms with Crippen molar-refractivity contribution >= 4 is 51.9 Å². The standard InChI is InChI=1S/C35H25N3O5/c39-33(22-19-25-10-5-7-16-32(25)38(42)43)26-17-20-29(21-18-26)36-35(41)31(37-34(40)27-11-2-1-3-12-27)23-28-14-8-13-24-9-4-6-15-30(24)28/h1-23H,(H,36,41)(H,37,40)/b22-19+,31-23-. The molecule has 0 aliphatic heterocycles. The second kappa shape index (κ2) is 13.0. The summed E-state index contributed by atoms with van der Waals surface area (Å²) in [6.07, 6.45) is 4.29. The predicted octanol–water partition coefficient (Wildman–Crippen LogP) is 7.05. The van der Waals surface area contributed by atoms with E-state index in [1.165, 1.54) is 18.2 Å². The number of nitrogens with zero attached hydrogens (tertiary/aromatic N) is 1. The summed E-state index contributed by atoms with van der Waals surface area (Å²) in [5, 5.41) is 18.7. The number of carbonyl (C=O) groups is 3. The number of ketones is 1. The average molecular weight is 568 g/mol. The molecule has 0 radical (unpaired) electrons. The minimum Gasteiger partial charge on any atom is -0.321 e. The molecule has 0 bridgehead atoms. The number of nitrogens with one attached hydrogen (secondary N) is 2. The maximum absolute atomic E-state index is 13.5. The monoisotopic (exact) mass is 567 g/mol. The normalized spacial score (nSPS) is 11.3. The zero-order chi connectivity index (χ0) is 30.2. The van der Waals surface area contributed by atoms with Crippen molar-refractivity contribution < 1.29 is 19.3 Å². The highest BCUT2D eigenvalue weighted by Crippen LogP contribution is 2.22. The van der Waals surface area contributed by atoms with E-state index in [1.807, 2.05) is 42.5 Å².